The zero-order chi connectivity index (χ0) is 28.3. The molecule has 0 radical (unpaired) electrons. The van der Waals surface area contributed by atoms with Gasteiger partial charge in [0, 0.05) is 35.2 Å². The number of nitrogens with zero attached hydrogens (tertiary/aromatic N) is 1. The van der Waals surface area contributed by atoms with Crippen LogP contribution in [0.25, 0.3) is 11.1 Å². The molecule has 210 valence electrons. The highest BCUT2D eigenvalue weighted by molar-refractivity contribution is 8.00. The summed E-state index contributed by atoms with van der Waals surface area (Å²) in [5.41, 5.74) is 4.96. The molecule has 2 aliphatic heterocycles. The van der Waals surface area contributed by atoms with E-state index in [0.29, 0.717) is 28.8 Å². The van der Waals surface area contributed by atoms with E-state index >= 15 is 0 Å². The van der Waals surface area contributed by atoms with Crippen LogP contribution in [-0.2, 0) is 0 Å². The summed E-state index contributed by atoms with van der Waals surface area (Å²) in [7, 11) is 0. The lowest BCUT2D eigenvalue weighted by atomic mass is 9.89. The van der Waals surface area contributed by atoms with E-state index in [1.165, 1.54) is 6.92 Å². The normalized spacial score (nSPS) is 17.6. The Morgan fingerprint density at radius 3 is 2.52 bits per heavy atom. The number of halogens is 3. The fraction of sp³-hybridized carbons (Fsp3) is 0.312. The molecule has 0 bridgehead atoms. The van der Waals surface area contributed by atoms with Crippen LogP contribution in [0, 0.1) is 0 Å². The number of benzene rings is 3. The highest BCUT2D eigenvalue weighted by Crippen LogP contribution is 2.46. The van der Waals surface area contributed by atoms with E-state index < -0.39 is 5.25 Å². The molecular weight excluding hydrogens is 551 g/mol. The first-order valence-electron chi connectivity index (χ1n) is 13.3. The van der Waals surface area contributed by atoms with Crippen molar-refractivity contribution in [3.05, 3.63) is 95.6 Å². The summed E-state index contributed by atoms with van der Waals surface area (Å²) in [5.74, 6) is 1.68. The zero-order valence-electron chi connectivity index (χ0n) is 22.3. The molecule has 1 saturated heterocycles. The van der Waals surface area contributed by atoms with Crippen molar-refractivity contribution in [1.29, 1.82) is 0 Å². The van der Waals surface area contributed by atoms with Crippen LogP contribution in [0.15, 0.2) is 88.7 Å². The molecule has 2 heterocycles. The van der Waals surface area contributed by atoms with Crippen molar-refractivity contribution >= 4 is 34.7 Å². The molecule has 8 heteroatoms. The molecule has 1 fully saturated rings. The number of thioether (sulfide) groups is 2. The van der Waals surface area contributed by atoms with Crippen molar-refractivity contribution in [3.63, 3.8) is 0 Å². The highest BCUT2D eigenvalue weighted by Gasteiger charge is 2.31. The van der Waals surface area contributed by atoms with E-state index in [2.05, 4.69) is 11.5 Å². The Morgan fingerprint density at radius 1 is 1.10 bits per heavy atom. The maximum atomic E-state index is 14.2. The van der Waals surface area contributed by atoms with Gasteiger partial charge in [0.1, 0.15) is 17.6 Å². The second-order valence-corrected chi connectivity index (χ2v) is 12.3. The van der Waals surface area contributed by atoms with Crippen LogP contribution in [0.1, 0.15) is 36.5 Å². The van der Waals surface area contributed by atoms with Gasteiger partial charge in [-0.15, -0.1) is 11.8 Å². The number of aromatic hydroxyl groups is 1. The van der Waals surface area contributed by atoms with Gasteiger partial charge in [0.25, 0.3) is 0 Å². The SMILES string of the molecule is C=C(C)C(F)(F)Sc1ccc(C2=C(c3ccc(O[C@H]4CCN(CCCF)C4)cc3)c3ccc(O)cc3SC2)cc1. The number of fused-ring (bicyclic) bond motifs is 1. The van der Waals surface area contributed by atoms with Gasteiger partial charge in [0.2, 0.25) is 0 Å². The molecule has 40 heavy (non-hydrogen) atoms. The lowest BCUT2D eigenvalue weighted by Gasteiger charge is -2.25. The number of phenolic OH excluding ortho intramolecular Hbond substituents is 1. The Labute approximate surface area is 242 Å². The van der Waals surface area contributed by atoms with E-state index in [1.807, 2.05) is 42.5 Å². The van der Waals surface area contributed by atoms with Crippen LogP contribution >= 0.6 is 23.5 Å². The first-order chi connectivity index (χ1) is 19.2. The van der Waals surface area contributed by atoms with Crippen molar-refractivity contribution in [1.82, 2.24) is 4.90 Å². The Bertz CT molecular complexity index is 1390. The fourth-order valence-corrected chi connectivity index (χ4v) is 6.89. The van der Waals surface area contributed by atoms with Gasteiger partial charge in [-0.3, -0.25) is 9.29 Å². The van der Waals surface area contributed by atoms with Gasteiger partial charge < -0.3 is 9.84 Å². The van der Waals surface area contributed by atoms with E-state index in [0.717, 1.165) is 64.5 Å². The van der Waals surface area contributed by atoms with Gasteiger partial charge in [-0.1, -0.05) is 30.8 Å². The predicted molar refractivity (Wildman–Crippen MR) is 159 cm³/mol. The largest absolute Gasteiger partial charge is 0.508 e. The lowest BCUT2D eigenvalue weighted by Crippen LogP contribution is -2.26. The van der Waals surface area contributed by atoms with Crippen molar-refractivity contribution in [2.24, 2.45) is 0 Å². The minimum absolute atomic E-state index is 0.0867. The fourth-order valence-electron chi connectivity index (χ4n) is 5.01. The monoisotopic (exact) mass is 583 g/mol. The second-order valence-electron chi connectivity index (χ2n) is 10.1. The van der Waals surface area contributed by atoms with Gasteiger partial charge in [0.05, 0.1) is 6.67 Å². The van der Waals surface area contributed by atoms with Crippen LogP contribution in [-0.4, -0.2) is 53.4 Å². The summed E-state index contributed by atoms with van der Waals surface area (Å²) in [4.78, 5) is 3.71. The molecule has 1 atom stereocenters. The molecule has 5 rings (SSSR count). The minimum atomic E-state index is -3.03. The third kappa shape index (κ3) is 6.56. The number of hydrogen-bond donors (Lipinski definition) is 1. The topological polar surface area (TPSA) is 32.7 Å². The van der Waals surface area contributed by atoms with Crippen molar-refractivity contribution < 1.29 is 23.0 Å². The van der Waals surface area contributed by atoms with Crippen LogP contribution in [0.4, 0.5) is 13.2 Å². The molecule has 3 aromatic rings. The first-order valence-corrected chi connectivity index (χ1v) is 15.1. The molecule has 0 amide bonds. The summed E-state index contributed by atoms with van der Waals surface area (Å²) < 4.78 is 47.2. The van der Waals surface area contributed by atoms with Crippen molar-refractivity contribution in [2.75, 3.05) is 32.1 Å². The number of likely N-dealkylation sites (tertiary alicyclic amines) is 1. The molecule has 0 saturated carbocycles. The van der Waals surface area contributed by atoms with Crippen LogP contribution in [0.3, 0.4) is 0 Å². The van der Waals surface area contributed by atoms with Gasteiger partial charge in [-0.25, -0.2) is 0 Å². The Kier molecular flexibility index (Phi) is 8.88. The molecule has 1 N–H and O–H groups in total. The average Bonchev–Trinajstić information content (AvgIpc) is 3.39. The Morgan fingerprint density at radius 2 is 1.82 bits per heavy atom. The molecule has 3 aromatic carbocycles. The van der Waals surface area contributed by atoms with E-state index in [-0.39, 0.29) is 24.1 Å². The number of phenols is 1. The van der Waals surface area contributed by atoms with Crippen LogP contribution in [0.5, 0.6) is 11.5 Å². The third-order valence-electron chi connectivity index (χ3n) is 7.14. The molecule has 0 aliphatic carbocycles. The zero-order valence-corrected chi connectivity index (χ0v) is 24.0. The van der Waals surface area contributed by atoms with Crippen molar-refractivity contribution in [2.45, 2.75) is 40.9 Å². The third-order valence-corrected chi connectivity index (χ3v) is 9.33. The van der Waals surface area contributed by atoms with Crippen molar-refractivity contribution in [3.8, 4) is 11.5 Å². The number of ether oxygens (including phenoxy) is 1. The van der Waals surface area contributed by atoms with E-state index in [4.69, 9.17) is 4.74 Å². The maximum Gasteiger partial charge on any atom is 0.319 e. The molecule has 0 aromatic heterocycles. The lowest BCUT2D eigenvalue weighted by molar-refractivity contribution is 0.148. The minimum Gasteiger partial charge on any atom is -0.508 e. The van der Waals surface area contributed by atoms with Gasteiger partial charge in [0.15, 0.2) is 0 Å². The first kappa shape index (κ1) is 28.7. The summed E-state index contributed by atoms with van der Waals surface area (Å²) in [6, 6.07) is 20.7. The molecule has 0 unspecified atom stereocenters. The smallest absolute Gasteiger partial charge is 0.319 e. The molecular formula is C32H32F3NO2S2. The standard InChI is InChI=1S/C32H32F3NO2S2/c1-21(2)32(34,35)40-27-11-6-22(7-12-27)29-20-39-30-18-24(37)8-13-28(30)31(29)23-4-9-25(10-5-23)38-26-14-17-36(19-26)16-3-15-33/h4-13,18,26,37H,1,3,14-17,19-20H2,2H3/t26-/m0/s1. The second kappa shape index (κ2) is 12.4. The Balaban J connectivity index is 1.42. The predicted octanol–water partition coefficient (Wildman–Crippen LogP) is 8.53. The number of alkyl halides is 3. The van der Waals surface area contributed by atoms with Crippen LogP contribution < -0.4 is 4.74 Å². The summed E-state index contributed by atoms with van der Waals surface area (Å²) in [5, 5.41) is 7.07. The Hall–Kier alpha value is -2.81. The number of hydrogen-bond acceptors (Lipinski definition) is 5. The summed E-state index contributed by atoms with van der Waals surface area (Å²) in [6.07, 6.45) is 1.56. The summed E-state index contributed by atoms with van der Waals surface area (Å²) >= 11 is 2.14. The molecule has 3 nitrogen and oxygen atoms in total. The van der Waals surface area contributed by atoms with E-state index in [1.54, 1.807) is 36.0 Å². The van der Waals surface area contributed by atoms with Gasteiger partial charge in [-0.05, 0) is 107 Å². The quantitative estimate of drug-likeness (QED) is 0.191. The summed E-state index contributed by atoms with van der Waals surface area (Å²) in [6.45, 7) is 6.93. The van der Waals surface area contributed by atoms with Gasteiger partial charge >= 0.3 is 5.25 Å². The highest BCUT2D eigenvalue weighted by atomic mass is 32.2. The molecule has 0 spiro atoms. The van der Waals surface area contributed by atoms with Crippen LogP contribution in [0.2, 0.25) is 0 Å². The number of rotatable bonds is 10. The molecule has 2 aliphatic rings. The average molecular weight is 584 g/mol. The van der Waals surface area contributed by atoms with Gasteiger partial charge in [-0.2, -0.15) is 8.78 Å². The van der Waals surface area contributed by atoms with E-state index in [9.17, 15) is 18.3 Å². The maximum absolute atomic E-state index is 14.2.